The van der Waals surface area contributed by atoms with Crippen molar-refractivity contribution in [1.29, 1.82) is 0 Å². The van der Waals surface area contributed by atoms with Gasteiger partial charge in [-0.25, -0.2) is 4.79 Å². The van der Waals surface area contributed by atoms with Gasteiger partial charge in [0.25, 0.3) is 0 Å². The fraction of sp³-hybridized carbons (Fsp3) is 0.750. The summed E-state index contributed by atoms with van der Waals surface area (Å²) in [6, 6.07) is 0. The Kier molecular flexibility index (Phi) is 3.17. The highest BCUT2D eigenvalue weighted by Crippen LogP contribution is 2.32. The van der Waals surface area contributed by atoms with Crippen molar-refractivity contribution in [3.63, 3.8) is 0 Å². The van der Waals surface area contributed by atoms with E-state index in [1.165, 1.54) is 0 Å². The molecule has 0 aromatic carbocycles. The Labute approximate surface area is 75.9 Å². The topological polar surface area (TPSA) is 82.9 Å². The maximum Gasteiger partial charge on any atom is 0.419 e. The third-order valence-corrected chi connectivity index (χ3v) is 1.94. The average Bonchev–Trinajstić information content (AvgIpc) is 2.88. The van der Waals surface area contributed by atoms with Gasteiger partial charge in [0, 0.05) is 0 Å². The molecule has 1 aliphatic rings. The fourth-order valence-corrected chi connectivity index (χ4v) is 1.06. The number of hydrogen-bond donors (Lipinski definition) is 1. The zero-order chi connectivity index (χ0) is 9.84. The van der Waals surface area contributed by atoms with Crippen LogP contribution < -0.4 is 0 Å². The molecule has 13 heavy (non-hydrogen) atoms. The molecule has 0 bridgehead atoms. The number of aliphatic hydroxyl groups is 1. The van der Waals surface area contributed by atoms with E-state index in [2.05, 4.69) is 9.53 Å². The van der Waals surface area contributed by atoms with Gasteiger partial charge in [-0.2, -0.15) is 4.79 Å². The number of ether oxygens (including phenoxy) is 1. The summed E-state index contributed by atoms with van der Waals surface area (Å²) in [6.07, 6.45) is 0.739. The van der Waals surface area contributed by atoms with Crippen LogP contribution >= 0.6 is 0 Å². The Morgan fingerprint density at radius 1 is 1.77 bits per heavy atom. The van der Waals surface area contributed by atoms with Crippen LogP contribution in [0.15, 0.2) is 0 Å². The Hall–Kier alpha value is -1.19. The van der Waals surface area contributed by atoms with E-state index in [-0.39, 0.29) is 18.2 Å². The van der Waals surface area contributed by atoms with Crippen LogP contribution in [0, 0.1) is 5.92 Å². The van der Waals surface area contributed by atoms with Crippen LogP contribution in [-0.4, -0.2) is 34.3 Å². The van der Waals surface area contributed by atoms with Crippen molar-refractivity contribution in [3.05, 3.63) is 5.53 Å². The number of nitrogens with zero attached hydrogens (tertiary/aromatic N) is 2. The van der Waals surface area contributed by atoms with Gasteiger partial charge < -0.3 is 15.4 Å². The molecule has 5 nitrogen and oxygen atoms in total. The van der Waals surface area contributed by atoms with E-state index in [9.17, 15) is 9.90 Å². The SMILES string of the molecule is CCOC(=O)C(=[N+]=[N-])[C@H](O)C1CC1. The molecule has 1 fully saturated rings. The molecule has 0 saturated heterocycles. The molecule has 0 aromatic rings. The largest absolute Gasteiger partial charge is 0.457 e. The minimum absolute atomic E-state index is 0.0512. The molecule has 0 aliphatic heterocycles. The molecule has 0 radical (unpaired) electrons. The molecule has 1 saturated carbocycles. The van der Waals surface area contributed by atoms with Crippen molar-refractivity contribution < 1.29 is 19.4 Å². The van der Waals surface area contributed by atoms with Crippen LogP contribution in [-0.2, 0) is 9.53 Å². The van der Waals surface area contributed by atoms with Crippen LogP contribution in [0.25, 0.3) is 5.53 Å². The van der Waals surface area contributed by atoms with Crippen LogP contribution in [0.1, 0.15) is 19.8 Å². The predicted molar refractivity (Wildman–Crippen MR) is 44.0 cm³/mol. The third-order valence-electron chi connectivity index (χ3n) is 1.94. The zero-order valence-electron chi connectivity index (χ0n) is 7.43. The van der Waals surface area contributed by atoms with Gasteiger partial charge in [-0.1, -0.05) is 0 Å². The summed E-state index contributed by atoms with van der Waals surface area (Å²) in [5.74, 6) is -0.695. The normalized spacial score (nSPS) is 17.4. The number of rotatable bonds is 4. The Morgan fingerprint density at radius 2 is 2.38 bits per heavy atom. The van der Waals surface area contributed by atoms with E-state index >= 15 is 0 Å². The summed E-state index contributed by atoms with van der Waals surface area (Å²) >= 11 is 0. The van der Waals surface area contributed by atoms with Crippen molar-refractivity contribution in [2.75, 3.05) is 6.61 Å². The molecule has 0 aromatic heterocycles. The Balaban J connectivity index is 2.61. The van der Waals surface area contributed by atoms with Crippen molar-refractivity contribution in [2.24, 2.45) is 5.92 Å². The minimum atomic E-state index is -0.982. The summed E-state index contributed by atoms with van der Waals surface area (Å²) in [5.41, 5.74) is 8.21. The number of hydrogen-bond acceptors (Lipinski definition) is 3. The van der Waals surface area contributed by atoms with Crippen molar-refractivity contribution in [3.8, 4) is 0 Å². The highest BCUT2D eigenvalue weighted by Gasteiger charge is 2.42. The highest BCUT2D eigenvalue weighted by atomic mass is 16.5. The van der Waals surface area contributed by atoms with E-state index in [0.717, 1.165) is 12.8 Å². The van der Waals surface area contributed by atoms with Crippen molar-refractivity contribution >= 4 is 11.7 Å². The summed E-state index contributed by atoms with van der Waals surface area (Å²) in [4.78, 5) is 13.8. The monoisotopic (exact) mass is 184 g/mol. The number of aliphatic hydroxyl groups excluding tert-OH is 1. The standard InChI is InChI=1S/C8H12N2O3/c1-2-13-8(12)6(10-9)7(11)5-3-4-5/h5,7,11H,2-4H2,1H3/t7-/m1/s1. The van der Waals surface area contributed by atoms with E-state index in [1.54, 1.807) is 6.92 Å². The summed E-state index contributed by atoms with van der Waals surface area (Å²) in [6.45, 7) is 1.85. The van der Waals surface area contributed by atoms with Gasteiger partial charge in [0.1, 0.15) is 0 Å². The first kappa shape index (κ1) is 9.89. The fourth-order valence-electron chi connectivity index (χ4n) is 1.06. The second kappa shape index (κ2) is 4.16. The van der Waals surface area contributed by atoms with Gasteiger partial charge in [-0.3, -0.25) is 0 Å². The molecule has 1 N–H and O–H groups in total. The van der Waals surface area contributed by atoms with E-state index in [0.29, 0.717) is 0 Å². The molecule has 72 valence electrons. The van der Waals surface area contributed by atoms with Gasteiger partial charge in [-0.05, 0) is 25.7 Å². The predicted octanol–water partition coefficient (Wildman–Crippen LogP) is -0.00880. The maximum absolute atomic E-state index is 11.1. The first-order valence-corrected chi connectivity index (χ1v) is 4.27. The zero-order valence-corrected chi connectivity index (χ0v) is 7.43. The van der Waals surface area contributed by atoms with Gasteiger partial charge in [0.15, 0.2) is 6.10 Å². The molecule has 1 atom stereocenters. The molecule has 5 heteroatoms. The van der Waals surface area contributed by atoms with E-state index in [1.807, 2.05) is 0 Å². The summed E-state index contributed by atoms with van der Waals surface area (Å²) in [5, 5.41) is 9.45. The lowest BCUT2D eigenvalue weighted by Gasteiger charge is -2.02. The lowest BCUT2D eigenvalue weighted by atomic mass is 10.1. The first-order valence-electron chi connectivity index (χ1n) is 4.27. The third kappa shape index (κ3) is 2.37. The molecule has 0 spiro atoms. The molecular formula is C8H12N2O3. The van der Waals surface area contributed by atoms with Crippen LogP contribution in [0.3, 0.4) is 0 Å². The van der Waals surface area contributed by atoms with Crippen LogP contribution in [0.2, 0.25) is 0 Å². The van der Waals surface area contributed by atoms with Crippen LogP contribution in [0.5, 0.6) is 0 Å². The number of carbonyl (C=O) groups excluding carboxylic acids is 1. The first-order chi connectivity index (χ1) is 6.20. The Bertz CT molecular complexity index is 254. The lowest BCUT2D eigenvalue weighted by molar-refractivity contribution is -0.141. The molecule has 0 amide bonds. The maximum atomic E-state index is 11.1. The second-order valence-electron chi connectivity index (χ2n) is 2.99. The smallest absolute Gasteiger partial charge is 0.419 e. The average molecular weight is 184 g/mol. The van der Waals surface area contributed by atoms with Gasteiger partial charge in [0.05, 0.1) is 6.61 Å². The van der Waals surface area contributed by atoms with Gasteiger partial charge in [-0.15, -0.1) is 0 Å². The van der Waals surface area contributed by atoms with Gasteiger partial charge in [0.2, 0.25) is 0 Å². The number of carbonyl (C=O) groups is 1. The summed E-state index contributed by atoms with van der Waals surface area (Å²) < 4.78 is 4.60. The Morgan fingerprint density at radius 3 is 2.77 bits per heavy atom. The minimum Gasteiger partial charge on any atom is -0.457 e. The molecule has 1 aliphatic carbocycles. The van der Waals surface area contributed by atoms with Gasteiger partial charge >= 0.3 is 11.7 Å². The van der Waals surface area contributed by atoms with Crippen molar-refractivity contribution in [2.45, 2.75) is 25.9 Å². The highest BCUT2D eigenvalue weighted by molar-refractivity contribution is 6.35. The quantitative estimate of drug-likeness (QED) is 0.289. The van der Waals surface area contributed by atoms with Crippen molar-refractivity contribution in [1.82, 2.24) is 0 Å². The van der Waals surface area contributed by atoms with E-state index in [4.69, 9.17) is 5.53 Å². The molecule has 0 heterocycles. The lowest BCUT2D eigenvalue weighted by Crippen LogP contribution is -2.32. The molecular weight excluding hydrogens is 172 g/mol. The molecule has 1 rings (SSSR count). The second-order valence-corrected chi connectivity index (χ2v) is 2.99. The molecule has 0 unspecified atom stereocenters. The van der Waals surface area contributed by atoms with Crippen LogP contribution in [0.4, 0.5) is 0 Å². The van der Waals surface area contributed by atoms with E-state index < -0.39 is 12.1 Å². The summed E-state index contributed by atoms with van der Waals surface area (Å²) in [7, 11) is 0. The number of esters is 1.